The van der Waals surface area contributed by atoms with Crippen LogP contribution in [0.1, 0.15) is 13.8 Å². The maximum Gasteiger partial charge on any atom is 0.167 e. The minimum Gasteiger partial charge on any atom is -0.394 e. The number of hydrogen-bond donors (Lipinski definition) is 1. The zero-order valence-electron chi connectivity index (χ0n) is 8.96. The van der Waals surface area contributed by atoms with Crippen LogP contribution in [0.4, 0.5) is 10.2 Å². The van der Waals surface area contributed by atoms with Crippen molar-refractivity contribution >= 4 is 17.4 Å². The first kappa shape index (κ1) is 12.2. The Morgan fingerprint density at radius 1 is 1.60 bits per heavy atom. The molecule has 0 aliphatic carbocycles. The van der Waals surface area contributed by atoms with E-state index in [1.54, 1.807) is 25.8 Å². The summed E-state index contributed by atoms with van der Waals surface area (Å²) >= 11 is 5.60. The lowest BCUT2D eigenvalue weighted by Crippen LogP contribution is -2.45. The van der Waals surface area contributed by atoms with Crippen LogP contribution in [-0.2, 0) is 0 Å². The molecule has 1 N–H and O–H groups in total. The van der Waals surface area contributed by atoms with Gasteiger partial charge in [-0.15, -0.1) is 0 Å². The van der Waals surface area contributed by atoms with E-state index < -0.39 is 11.4 Å². The SMILES string of the molecule is CN(c1ncc(Cl)cc1F)C(C)(C)CO. The van der Waals surface area contributed by atoms with E-state index in [0.717, 1.165) is 0 Å². The third-order valence-electron chi connectivity index (χ3n) is 2.40. The predicted octanol–water partition coefficient (Wildman–Crippen LogP) is 2.08. The molecule has 0 saturated carbocycles. The molecule has 15 heavy (non-hydrogen) atoms. The molecule has 1 rings (SSSR count). The molecule has 0 bridgehead atoms. The Labute approximate surface area is 93.5 Å². The Kier molecular flexibility index (Phi) is 3.52. The van der Waals surface area contributed by atoms with Gasteiger partial charge in [0.15, 0.2) is 11.6 Å². The van der Waals surface area contributed by atoms with Gasteiger partial charge in [-0.25, -0.2) is 9.37 Å². The number of aliphatic hydroxyl groups is 1. The summed E-state index contributed by atoms with van der Waals surface area (Å²) in [4.78, 5) is 5.48. The summed E-state index contributed by atoms with van der Waals surface area (Å²) in [7, 11) is 1.68. The molecule has 0 aliphatic rings. The molecule has 0 unspecified atom stereocenters. The second-order valence-electron chi connectivity index (χ2n) is 3.99. The highest BCUT2D eigenvalue weighted by atomic mass is 35.5. The van der Waals surface area contributed by atoms with Gasteiger partial charge >= 0.3 is 0 Å². The fourth-order valence-corrected chi connectivity index (χ4v) is 1.19. The van der Waals surface area contributed by atoms with Gasteiger partial charge in [0, 0.05) is 13.2 Å². The number of aromatic nitrogens is 1. The minimum absolute atomic E-state index is 0.0900. The highest BCUT2D eigenvalue weighted by Gasteiger charge is 2.25. The summed E-state index contributed by atoms with van der Waals surface area (Å²) in [5, 5.41) is 9.41. The van der Waals surface area contributed by atoms with Crippen molar-refractivity contribution < 1.29 is 9.50 Å². The van der Waals surface area contributed by atoms with Gasteiger partial charge in [0.25, 0.3) is 0 Å². The van der Waals surface area contributed by atoms with Crippen molar-refractivity contribution in [1.82, 2.24) is 4.98 Å². The normalized spacial score (nSPS) is 11.6. The van der Waals surface area contributed by atoms with Crippen LogP contribution in [0.25, 0.3) is 0 Å². The maximum absolute atomic E-state index is 13.5. The molecule has 0 spiro atoms. The van der Waals surface area contributed by atoms with Gasteiger partial charge < -0.3 is 10.0 Å². The summed E-state index contributed by atoms with van der Waals surface area (Å²) in [5.41, 5.74) is -0.568. The smallest absolute Gasteiger partial charge is 0.167 e. The van der Waals surface area contributed by atoms with Crippen LogP contribution in [0.15, 0.2) is 12.3 Å². The number of pyridine rings is 1. The zero-order chi connectivity index (χ0) is 11.6. The van der Waals surface area contributed by atoms with Crippen LogP contribution < -0.4 is 4.90 Å². The average Bonchev–Trinajstić information content (AvgIpc) is 2.17. The van der Waals surface area contributed by atoms with E-state index in [2.05, 4.69) is 4.98 Å². The highest BCUT2D eigenvalue weighted by Crippen LogP contribution is 2.24. The standard InChI is InChI=1S/C10H14ClFN2O/c1-10(2,6-15)14(3)9-8(12)4-7(11)5-13-9/h4-5,15H,6H2,1-3H3. The Balaban J connectivity index is 3.06. The maximum atomic E-state index is 13.5. The third-order valence-corrected chi connectivity index (χ3v) is 2.61. The molecule has 0 radical (unpaired) electrons. The van der Waals surface area contributed by atoms with Gasteiger partial charge in [-0.2, -0.15) is 0 Å². The molecule has 1 heterocycles. The van der Waals surface area contributed by atoms with Gasteiger partial charge in [-0.3, -0.25) is 0 Å². The number of nitrogens with zero attached hydrogens (tertiary/aromatic N) is 2. The topological polar surface area (TPSA) is 36.4 Å². The van der Waals surface area contributed by atoms with Crippen LogP contribution in [0.2, 0.25) is 5.02 Å². The third kappa shape index (κ3) is 2.58. The second kappa shape index (κ2) is 4.33. The second-order valence-corrected chi connectivity index (χ2v) is 4.42. The zero-order valence-corrected chi connectivity index (χ0v) is 9.72. The minimum atomic E-state index is -0.568. The van der Waals surface area contributed by atoms with E-state index in [9.17, 15) is 4.39 Å². The molecular weight excluding hydrogens is 219 g/mol. The lowest BCUT2D eigenvalue weighted by molar-refractivity contribution is 0.215. The monoisotopic (exact) mass is 232 g/mol. The van der Waals surface area contributed by atoms with Crippen molar-refractivity contribution in [3.05, 3.63) is 23.1 Å². The highest BCUT2D eigenvalue weighted by molar-refractivity contribution is 6.30. The summed E-state index contributed by atoms with van der Waals surface area (Å²) < 4.78 is 13.5. The van der Waals surface area contributed by atoms with Crippen molar-refractivity contribution in [3.8, 4) is 0 Å². The van der Waals surface area contributed by atoms with Gasteiger partial charge in [-0.1, -0.05) is 11.6 Å². The molecule has 0 fully saturated rings. The summed E-state index contributed by atoms with van der Waals surface area (Å²) in [6, 6.07) is 1.20. The number of anilines is 1. The van der Waals surface area contributed by atoms with Crippen LogP contribution in [0.3, 0.4) is 0 Å². The fourth-order valence-electron chi connectivity index (χ4n) is 1.05. The first-order chi connectivity index (χ1) is 6.88. The van der Waals surface area contributed by atoms with Gasteiger partial charge in [0.05, 0.1) is 17.2 Å². The Morgan fingerprint density at radius 2 is 2.20 bits per heavy atom. The van der Waals surface area contributed by atoms with E-state index in [1.165, 1.54) is 12.3 Å². The number of likely N-dealkylation sites (N-methyl/N-ethyl adjacent to an activating group) is 1. The lowest BCUT2D eigenvalue weighted by Gasteiger charge is -2.34. The molecule has 0 atom stereocenters. The van der Waals surface area contributed by atoms with E-state index in [-0.39, 0.29) is 17.4 Å². The van der Waals surface area contributed by atoms with E-state index in [0.29, 0.717) is 0 Å². The molecule has 3 nitrogen and oxygen atoms in total. The van der Waals surface area contributed by atoms with E-state index in [4.69, 9.17) is 16.7 Å². The van der Waals surface area contributed by atoms with E-state index in [1.807, 2.05) is 0 Å². The average molecular weight is 233 g/mol. The fraction of sp³-hybridized carbons (Fsp3) is 0.500. The van der Waals surface area contributed by atoms with Crippen molar-refractivity contribution in [3.63, 3.8) is 0 Å². The number of hydrogen-bond acceptors (Lipinski definition) is 3. The van der Waals surface area contributed by atoms with Crippen LogP contribution in [0.5, 0.6) is 0 Å². The van der Waals surface area contributed by atoms with Gasteiger partial charge in [-0.05, 0) is 19.9 Å². The van der Waals surface area contributed by atoms with Crippen LogP contribution in [-0.4, -0.2) is 29.3 Å². The van der Waals surface area contributed by atoms with Crippen molar-refractivity contribution in [2.24, 2.45) is 0 Å². The van der Waals surface area contributed by atoms with Crippen LogP contribution >= 0.6 is 11.6 Å². The van der Waals surface area contributed by atoms with Crippen molar-refractivity contribution in [1.29, 1.82) is 0 Å². The number of halogens is 2. The molecule has 84 valence electrons. The quantitative estimate of drug-likeness (QED) is 0.867. The van der Waals surface area contributed by atoms with Crippen molar-refractivity contribution in [2.45, 2.75) is 19.4 Å². The Bertz CT molecular complexity index is 357. The molecule has 0 aromatic carbocycles. The molecule has 1 aromatic heterocycles. The summed E-state index contributed by atoms with van der Waals surface area (Å²) in [6.07, 6.45) is 1.38. The first-order valence-electron chi connectivity index (χ1n) is 4.54. The summed E-state index contributed by atoms with van der Waals surface area (Å²) in [6.45, 7) is 3.50. The molecular formula is C10H14ClFN2O. The lowest BCUT2D eigenvalue weighted by atomic mass is 10.1. The molecule has 0 saturated heterocycles. The molecule has 0 aliphatic heterocycles. The van der Waals surface area contributed by atoms with Crippen LogP contribution in [0, 0.1) is 5.82 Å². The molecule has 0 amide bonds. The van der Waals surface area contributed by atoms with E-state index >= 15 is 0 Å². The van der Waals surface area contributed by atoms with Gasteiger partial charge in [0.2, 0.25) is 0 Å². The predicted molar refractivity (Wildman–Crippen MR) is 58.8 cm³/mol. The number of aliphatic hydroxyl groups excluding tert-OH is 1. The number of rotatable bonds is 3. The first-order valence-corrected chi connectivity index (χ1v) is 4.92. The summed E-state index contributed by atoms with van der Waals surface area (Å²) in [5.74, 6) is -0.315. The Morgan fingerprint density at radius 3 is 2.67 bits per heavy atom. The van der Waals surface area contributed by atoms with Gasteiger partial charge in [0.1, 0.15) is 0 Å². The Hall–Kier alpha value is -0.870. The molecule has 1 aromatic rings. The largest absolute Gasteiger partial charge is 0.394 e. The molecule has 5 heteroatoms. The van der Waals surface area contributed by atoms with Crippen molar-refractivity contribution in [2.75, 3.05) is 18.6 Å².